The molecule has 0 unspecified atom stereocenters. The summed E-state index contributed by atoms with van der Waals surface area (Å²) in [7, 11) is 3.31. The maximum Gasteiger partial charge on any atom is 0.270 e. The van der Waals surface area contributed by atoms with Crippen LogP contribution in [0.1, 0.15) is 47.0 Å². The van der Waals surface area contributed by atoms with E-state index in [1.807, 2.05) is 6.07 Å². The SMILES string of the molecule is COc1ncccc1N(C)C(=O)c1scnc1C1CCCC1. The molecule has 116 valence electrons. The molecule has 1 aliphatic carbocycles. The van der Waals surface area contributed by atoms with Crippen LogP contribution in [0.5, 0.6) is 5.88 Å². The van der Waals surface area contributed by atoms with E-state index in [0.717, 1.165) is 23.4 Å². The van der Waals surface area contributed by atoms with Crippen molar-refractivity contribution in [1.82, 2.24) is 9.97 Å². The lowest BCUT2D eigenvalue weighted by atomic mass is 10.0. The Morgan fingerprint density at radius 1 is 1.36 bits per heavy atom. The Morgan fingerprint density at radius 2 is 2.14 bits per heavy atom. The van der Waals surface area contributed by atoms with E-state index in [-0.39, 0.29) is 5.91 Å². The summed E-state index contributed by atoms with van der Waals surface area (Å²) in [5, 5.41) is 0. The zero-order chi connectivity index (χ0) is 15.5. The van der Waals surface area contributed by atoms with Gasteiger partial charge in [0.2, 0.25) is 5.88 Å². The highest BCUT2D eigenvalue weighted by Gasteiger charge is 2.28. The third kappa shape index (κ3) is 2.70. The maximum atomic E-state index is 12.9. The van der Waals surface area contributed by atoms with Crippen LogP contribution in [-0.2, 0) is 0 Å². The number of nitrogens with zero attached hydrogens (tertiary/aromatic N) is 3. The summed E-state index contributed by atoms with van der Waals surface area (Å²) >= 11 is 1.42. The van der Waals surface area contributed by atoms with Gasteiger partial charge >= 0.3 is 0 Å². The number of carbonyl (C=O) groups is 1. The van der Waals surface area contributed by atoms with Crippen LogP contribution in [0.4, 0.5) is 5.69 Å². The highest BCUT2D eigenvalue weighted by atomic mass is 32.1. The Hall–Kier alpha value is -1.95. The lowest BCUT2D eigenvalue weighted by Gasteiger charge is -2.19. The Bertz CT molecular complexity index is 665. The van der Waals surface area contributed by atoms with E-state index < -0.39 is 0 Å². The van der Waals surface area contributed by atoms with Gasteiger partial charge in [-0.3, -0.25) is 4.79 Å². The molecular weight excluding hydrogens is 298 g/mol. The molecule has 1 amide bonds. The highest BCUT2D eigenvalue weighted by molar-refractivity contribution is 7.12. The first-order chi connectivity index (χ1) is 10.7. The van der Waals surface area contributed by atoms with Crippen LogP contribution in [-0.4, -0.2) is 30.0 Å². The second kappa shape index (κ2) is 6.44. The predicted octanol–water partition coefficient (Wildman–Crippen LogP) is 3.48. The number of aromatic nitrogens is 2. The first-order valence-electron chi connectivity index (χ1n) is 7.42. The number of pyridine rings is 1. The highest BCUT2D eigenvalue weighted by Crippen LogP contribution is 2.37. The summed E-state index contributed by atoms with van der Waals surface area (Å²) in [6.45, 7) is 0. The number of amides is 1. The van der Waals surface area contributed by atoms with E-state index in [0.29, 0.717) is 17.5 Å². The summed E-state index contributed by atoms with van der Waals surface area (Å²) in [6, 6.07) is 3.63. The number of carbonyl (C=O) groups excluding carboxylic acids is 1. The standard InChI is InChI=1S/C16H19N3O2S/c1-19(12-8-5-9-17-15(12)21-2)16(20)14-13(18-10-22-14)11-6-3-4-7-11/h5,8-11H,3-4,6-7H2,1-2H3. The van der Waals surface area contributed by atoms with E-state index >= 15 is 0 Å². The van der Waals surface area contributed by atoms with Gasteiger partial charge in [-0.25, -0.2) is 9.97 Å². The third-order valence-electron chi connectivity index (χ3n) is 4.14. The van der Waals surface area contributed by atoms with Crippen molar-refractivity contribution < 1.29 is 9.53 Å². The van der Waals surface area contributed by atoms with Crippen LogP contribution in [0.3, 0.4) is 0 Å². The molecule has 2 heterocycles. The van der Waals surface area contributed by atoms with Gasteiger partial charge in [0.25, 0.3) is 5.91 Å². The average molecular weight is 317 g/mol. The van der Waals surface area contributed by atoms with Gasteiger partial charge in [-0.2, -0.15) is 0 Å². The van der Waals surface area contributed by atoms with E-state index in [9.17, 15) is 4.79 Å². The molecule has 6 heteroatoms. The van der Waals surface area contributed by atoms with E-state index in [2.05, 4.69) is 9.97 Å². The van der Waals surface area contributed by atoms with Crippen LogP contribution in [0, 0.1) is 0 Å². The topological polar surface area (TPSA) is 55.3 Å². The Balaban J connectivity index is 1.89. The van der Waals surface area contributed by atoms with Crippen molar-refractivity contribution in [1.29, 1.82) is 0 Å². The summed E-state index contributed by atoms with van der Waals surface area (Å²) in [4.78, 5) is 23.8. The van der Waals surface area contributed by atoms with E-state index in [1.165, 1.54) is 24.2 Å². The number of methoxy groups -OCH3 is 1. The minimum atomic E-state index is -0.0456. The first kappa shape index (κ1) is 15.0. The fourth-order valence-electron chi connectivity index (χ4n) is 2.96. The molecule has 22 heavy (non-hydrogen) atoms. The number of thiazole rings is 1. The summed E-state index contributed by atoms with van der Waals surface area (Å²) < 4.78 is 5.25. The van der Waals surface area contributed by atoms with Crippen LogP contribution >= 0.6 is 11.3 Å². The molecule has 0 bridgehead atoms. The second-order valence-electron chi connectivity index (χ2n) is 5.44. The van der Waals surface area contributed by atoms with Gasteiger partial charge in [-0.15, -0.1) is 11.3 Å². The van der Waals surface area contributed by atoms with Crippen LogP contribution < -0.4 is 9.64 Å². The molecule has 2 aromatic heterocycles. The molecule has 2 aromatic rings. The molecule has 0 spiro atoms. The minimum absolute atomic E-state index is 0.0456. The fourth-order valence-corrected chi connectivity index (χ4v) is 3.81. The molecule has 0 radical (unpaired) electrons. The lowest BCUT2D eigenvalue weighted by molar-refractivity contribution is 0.0994. The molecular formula is C16H19N3O2S. The molecule has 0 N–H and O–H groups in total. The van der Waals surface area contributed by atoms with Crippen LogP contribution in [0.2, 0.25) is 0 Å². The van der Waals surface area contributed by atoms with E-state index in [1.54, 1.807) is 36.8 Å². The smallest absolute Gasteiger partial charge is 0.270 e. The van der Waals surface area contributed by atoms with Gasteiger partial charge in [-0.05, 0) is 25.0 Å². The molecule has 5 nitrogen and oxygen atoms in total. The number of anilines is 1. The zero-order valence-electron chi connectivity index (χ0n) is 12.8. The Morgan fingerprint density at radius 3 is 2.86 bits per heavy atom. The number of hydrogen-bond acceptors (Lipinski definition) is 5. The second-order valence-corrected chi connectivity index (χ2v) is 6.30. The Labute approximate surface area is 134 Å². The monoisotopic (exact) mass is 317 g/mol. The fraction of sp³-hybridized carbons (Fsp3) is 0.438. The van der Waals surface area contributed by atoms with Gasteiger partial charge in [0.1, 0.15) is 10.6 Å². The number of hydrogen-bond donors (Lipinski definition) is 0. The van der Waals surface area contributed by atoms with Crippen molar-refractivity contribution >= 4 is 22.9 Å². The quantitative estimate of drug-likeness (QED) is 0.866. The summed E-state index contributed by atoms with van der Waals surface area (Å²) in [5.41, 5.74) is 3.40. The summed E-state index contributed by atoms with van der Waals surface area (Å²) in [5.74, 6) is 0.829. The Kier molecular flexibility index (Phi) is 4.38. The normalized spacial score (nSPS) is 15.0. The summed E-state index contributed by atoms with van der Waals surface area (Å²) in [6.07, 6.45) is 6.36. The van der Waals surface area contributed by atoms with E-state index in [4.69, 9.17) is 4.74 Å². The van der Waals surface area contributed by atoms with Gasteiger partial charge in [0.15, 0.2) is 0 Å². The largest absolute Gasteiger partial charge is 0.480 e. The van der Waals surface area contributed by atoms with Crippen molar-refractivity contribution in [3.63, 3.8) is 0 Å². The third-order valence-corrected chi connectivity index (χ3v) is 4.97. The minimum Gasteiger partial charge on any atom is -0.480 e. The molecule has 0 aromatic carbocycles. The molecule has 0 atom stereocenters. The van der Waals surface area contributed by atoms with Gasteiger partial charge in [0, 0.05) is 19.2 Å². The van der Waals surface area contributed by atoms with Gasteiger partial charge < -0.3 is 9.64 Å². The molecule has 0 aliphatic heterocycles. The predicted molar refractivity (Wildman–Crippen MR) is 86.8 cm³/mol. The molecule has 3 rings (SSSR count). The number of ether oxygens (including phenoxy) is 1. The first-order valence-corrected chi connectivity index (χ1v) is 8.30. The molecule has 1 fully saturated rings. The van der Waals surface area contributed by atoms with Crippen LogP contribution in [0.25, 0.3) is 0 Å². The molecule has 1 saturated carbocycles. The average Bonchev–Trinajstić information content (AvgIpc) is 3.23. The zero-order valence-corrected chi connectivity index (χ0v) is 13.6. The van der Waals surface area contributed by atoms with Gasteiger partial charge in [0.05, 0.1) is 18.3 Å². The molecule has 1 aliphatic rings. The van der Waals surface area contributed by atoms with Crippen molar-refractivity contribution in [2.75, 3.05) is 19.1 Å². The van der Waals surface area contributed by atoms with Crippen molar-refractivity contribution in [2.24, 2.45) is 0 Å². The van der Waals surface area contributed by atoms with Crippen molar-refractivity contribution in [2.45, 2.75) is 31.6 Å². The molecule has 0 saturated heterocycles. The lowest BCUT2D eigenvalue weighted by Crippen LogP contribution is -2.27. The van der Waals surface area contributed by atoms with Crippen molar-refractivity contribution in [3.8, 4) is 5.88 Å². The maximum absolute atomic E-state index is 12.9. The van der Waals surface area contributed by atoms with Crippen LogP contribution in [0.15, 0.2) is 23.8 Å². The van der Waals surface area contributed by atoms with Crippen molar-refractivity contribution in [3.05, 3.63) is 34.4 Å². The van der Waals surface area contributed by atoms with Gasteiger partial charge in [-0.1, -0.05) is 12.8 Å². The number of rotatable bonds is 4.